The summed E-state index contributed by atoms with van der Waals surface area (Å²) in [5, 5.41) is -0.930. The Balaban J connectivity index is 1.96. The first-order valence-electron chi connectivity index (χ1n) is 6.42. The molecule has 1 aliphatic heterocycles. The highest BCUT2D eigenvalue weighted by Crippen LogP contribution is 2.41. The third-order valence-electron chi connectivity index (χ3n) is 3.93. The van der Waals surface area contributed by atoms with E-state index in [0.29, 0.717) is 19.3 Å². The van der Waals surface area contributed by atoms with Gasteiger partial charge in [0, 0.05) is 19.3 Å². The van der Waals surface area contributed by atoms with E-state index in [2.05, 4.69) is 0 Å². The average molecular weight is 280 g/mol. The lowest BCUT2D eigenvalue weighted by Crippen LogP contribution is -2.36. The molecule has 0 bridgehead atoms. The molecule has 0 radical (unpaired) electrons. The minimum atomic E-state index is -3.33. The van der Waals surface area contributed by atoms with E-state index in [9.17, 15) is 22.0 Å². The number of carbonyl (C=O) groups is 1. The smallest absolute Gasteiger partial charge is 0.248 e. The van der Waals surface area contributed by atoms with Gasteiger partial charge in [-0.25, -0.2) is 17.2 Å². The van der Waals surface area contributed by atoms with E-state index in [4.69, 9.17) is 0 Å². The first kappa shape index (κ1) is 13.9. The van der Waals surface area contributed by atoms with Crippen LogP contribution in [0.15, 0.2) is 0 Å². The maximum absolute atomic E-state index is 13.0. The van der Waals surface area contributed by atoms with Gasteiger partial charge in [-0.05, 0) is 25.2 Å². The maximum Gasteiger partial charge on any atom is 0.248 e. The number of rotatable bonds is 3. The van der Waals surface area contributed by atoms with Crippen LogP contribution in [0.5, 0.6) is 0 Å². The summed E-state index contributed by atoms with van der Waals surface area (Å²) in [6.45, 7) is 0. The molecule has 1 heterocycles. The van der Waals surface area contributed by atoms with Crippen LogP contribution in [0.4, 0.5) is 8.78 Å². The molecule has 0 spiro atoms. The molecule has 2 unspecified atom stereocenters. The summed E-state index contributed by atoms with van der Waals surface area (Å²) in [5.41, 5.74) is 0. The zero-order chi connectivity index (χ0) is 13.4. The summed E-state index contributed by atoms with van der Waals surface area (Å²) in [4.78, 5) is 12.0. The molecule has 1 saturated heterocycles. The van der Waals surface area contributed by atoms with Crippen LogP contribution >= 0.6 is 0 Å². The Morgan fingerprint density at radius 3 is 2.50 bits per heavy atom. The van der Waals surface area contributed by atoms with Crippen molar-refractivity contribution in [1.82, 2.24) is 0 Å². The number of Topliss-reactive ketones (excluding diaryl/α,β-unsaturated/α-hetero) is 1. The van der Waals surface area contributed by atoms with Gasteiger partial charge in [0.1, 0.15) is 5.25 Å². The topological polar surface area (TPSA) is 51.2 Å². The molecule has 1 aliphatic carbocycles. The highest BCUT2D eigenvalue weighted by Gasteiger charge is 2.42. The molecular weight excluding hydrogens is 262 g/mol. The molecule has 2 rings (SSSR count). The number of carbonyl (C=O) groups excluding carboxylic acids is 1. The number of hydrogen-bond acceptors (Lipinski definition) is 3. The zero-order valence-electron chi connectivity index (χ0n) is 10.2. The van der Waals surface area contributed by atoms with Gasteiger partial charge in [-0.1, -0.05) is 6.42 Å². The lowest BCUT2D eigenvalue weighted by Gasteiger charge is -2.22. The molecule has 2 fully saturated rings. The fourth-order valence-electron chi connectivity index (χ4n) is 2.95. The van der Waals surface area contributed by atoms with E-state index in [1.807, 2.05) is 0 Å². The van der Waals surface area contributed by atoms with Crippen LogP contribution in [-0.4, -0.2) is 31.1 Å². The van der Waals surface area contributed by atoms with E-state index in [1.165, 1.54) is 0 Å². The third kappa shape index (κ3) is 3.08. The minimum absolute atomic E-state index is 0.000509. The van der Waals surface area contributed by atoms with E-state index in [0.717, 1.165) is 6.42 Å². The second-order valence-electron chi connectivity index (χ2n) is 5.49. The Morgan fingerprint density at radius 1 is 1.22 bits per heavy atom. The summed E-state index contributed by atoms with van der Waals surface area (Å²) in [5.74, 6) is -3.30. The highest BCUT2D eigenvalue weighted by molar-refractivity contribution is 7.92. The third-order valence-corrected chi connectivity index (χ3v) is 6.16. The summed E-state index contributed by atoms with van der Waals surface area (Å²) in [6, 6.07) is 0. The van der Waals surface area contributed by atoms with Crippen LogP contribution in [0.1, 0.15) is 44.9 Å². The second-order valence-corrected chi connectivity index (χ2v) is 7.79. The maximum atomic E-state index is 13.0. The van der Waals surface area contributed by atoms with Crippen LogP contribution < -0.4 is 0 Å². The molecular formula is C12H18F2O3S. The quantitative estimate of drug-likeness (QED) is 0.797. The first-order valence-corrected chi connectivity index (χ1v) is 8.14. The normalized spacial score (nSPS) is 34.3. The largest absolute Gasteiger partial charge is 0.298 e. The number of alkyl halides is 2. The molecule has 2 atom stereocenters. The number of halogens is 2. The molecule has 104 valence electrons. The molecule has 1 saturated carbocycles. The Hall–Kier alpha value is -0.520. The lowest BCUT2D eigenvalue weighted by molar-refractivity contribution is -0.119. The first-order chi connectivity index (χ1) is 8.30. The van der Waals surface area contributed by atoms with E-state index >= 15 is 0 Å². The summed E-state index contributed by atoms with van der Waals surface area (Å²) >= 11 is 0. The van der Waals surface area contributed by atoms with Crippen LogP contribution in [0.2, 0.25) is 0 Å². The van der Waals surface area contributed by atoms with Crippen LogP contribution in [0.3, 0.4) is 0 Å². The van der Waals surface area contributed by atoms with Gasteiger partial charge < -0.3 is 0 Å². The van der Waals surface area contributed by atoms with Gasteiger partial charge in [-0.15, -0.1) is 0 Å². The van der Waals surface area contributed by atoms with Gasteiger partial charge in [0.15, 0.2) is 15.6 Å². The molecule has 3 nitrogen and oxygen atoms in total. The predicted octanol–water partition coefficient (Wildman–Crippen LogP) is 2.35. The molecule has 0 aromatic heterocycles. The summed E-state index contributed by atoms with van der Waals surface area (Å²) in [7, 11) is -3.33. The van der Waals surface area contributed by atoms with Gasteiger partial charge >= 0.3 is 0 Å². The second kappa shape index (κ2) is 4.87. The van der Waals surface area contributed by atoms with Gasteiger partial charge in [-0.2, -0.15) is 0 Å². The average Bonchev–Trinajstić information content (AvgIpc) is 2.57. The number of hydrogen-bond donors (Lipinski definition) is 0. The fraction of sp³-hybridized carbons (Fsp3) is 0.917. The van der Waals surface area contributed by atoms with E-state index in [-0.39, 0.29) is 36.7 Å². The molecule has 0 aromatic carbocycles. The monoisotopic (exact) mass is 280 g/mol. The Labute approximate surface area is 106 Å². The van der Waals surface area contributed by atoms with Crippen molar-refractivity contribution in [1.29, 1.82) is 0 Å². The lowest BCUT2D eigenvalue weighted by atomic mass is 9.97. The zero-order valence-corrected chi connectivity index (χ0v) is 11.0. The van der Waals surface area contributed by atoms with Crippen molar-refractivity contribution < 1.29 is 22.0 Å². The molecule has 2 aliphatic rings. The van der Waals surface area contributed by atoms with Crippen LogP contribution in [0.25, 0.3) is 0 Å². The summed E-state index contributed by atoms with van der Waals surface area (Å²) < 4.78 is 49.5. The van der Waals surface area contributed by atoms with Crippen molar-refractivity contribution in [3.05, 3.63) is 0 Å². The van der Waals surface area contributed by atoms with Crippen molar-refractivity contribution in [3.63, 3.8) is 0 Å². The predicted molar refractivity (Wildman–Crippen MR) is 63.3 cm³/mol. The number of ketones is 1. The van der Waals surface area contributed by atoms with Crippen LogP contribution in [0, 0.1) is 5.92 Å². The molecule has 18 heavy (non-hydrogen) atoms. The van der Waals surface area contributed by atoms with E-state index in [1.54, 1.807) is 0 Å². The molecule has 6 heteroatoms. The molecule has 0 N–H and O–H groups in total. The fourth-order valence-corrected chi connectivity index (χ4v) is 4.86. The SMILES string of the molecule is O=C(CC1CCC(F)(F)C1)C1CCCCS1(=O)=O. The summed E-state index contributed by atoms with van der Waals surface area (Å²) in [6.07, 6.45) is 1.58. The minimum Gasteiger partial charge on any atom is -0.298 e. The van der Waals surface area contributed by atoms with E-state index < -0.39 is 21.0 Å². The van der Waals surface area contributed by atoms with Gasteiger partial charge in [-0.3, -0.25) is 4.79 Å². The van der Waals surface area contributed by atoms with Gasteiger partial charge in [0.2, 0.25) is 5.92 Å². The van der Waals surface area contributed by atoms with Gasteiger partial charge in [0.25, 0.3) is 0 Å². The molecule has 0 aromatic rings. The molecule has 0 amide bonds. The van der Waals surface area contributed by atoms with Crippen LogP contribution in [-0.2, 0) is 14.6 Å². The van der Waals surface area contributed by atoms with Crippen molar-refractivity contribution in [3.8, 4) is 0 Å². The standard InChI is InChI=1S/C12H18F2O3S/c13-12(14)5-4-9(8-12)7-10(15)11-3-1-2-6-18(11,16)17/h9,11H,1-8H2. The Morgan fingerprint density at radius 2 is 1.94 bits per heavy atom. The van der Waals surface area contributed by atoms with Crippen molar-refractivity contribution in [2.24, 2.45) is 5.92 Å². The highest BCUT2D eigenvalue weighted by atomic mass is 32.2. The Kier molecular flexibility index (Phi) is 3.76. The number of sulfone groups is 1. The van der Waals surface area contributed by atoms with Crippen molar-refractivity contribution >= 4 is 15.6 Å². The Bertz CT molecular complexity index is 431. The van der Waals surface area contributed by atoms with Crippen molar-refractivity contribution in [2.75, 3.05) is 5.75 Å². The van der Waals surface area contributed by atoms with Gasteiger partial charge in [0.05, 0.1) is 5.75 Å². The van der Waals surface area contributed by atoms with Crippen molar-refractivity contribution in [2.45, 2.75) is 56.1 Å².